The van der Waals surface area contributed by atoms with Gasteiger partial charge in [0.1, 0.15) is 0 Å². The minimum Gasteiger partial charge on any atom is -0.0764 e. The average Bonchev–Trinajstić information content (AvgIpc) is 2.76. The van der Waals surface area contributed by atoms with Gasteiger partial charge in [0.2, 0.25) is 0 Å². The Bertz CT molecular complexity index is 445. The number of benzene rings is 1. The third-order valence-corrected chi connectivity index (χ3v) is 4.32. The van der Waals surface area contributed by atoms with Gasteiger partial charge in [0.15, 0.2) is 0 Å². The van der Waals surface area contributed by atoms with Gasteiger partial charge < -0.3 is 0 Å². The Labute approximate surface area is 130 Å². The van der Waals surface area contributed by atoms with Crippen LogP contribution >= 0.6 is 0 Å². The summed E-state index contributed by atoms with van der Waals surface area (Å²) in [5, 5.41) is 0. The first-order valence-electron chi connectivity index (χ1n) is 7.22. The topological polar surface area (TPSA) is 0 Å². The molecule has 2 aliphatic carbocycles. The Morgan fingerprint density at radius 2 is 1.83 bits per heavy atom. The largest absolute Gasteiger partial charge is 0.0764 e. The molecule has 0 spiro atoms. The van der Waals surface area contributed by atoms with Crippen LogP contribution in [0.5, 0.6) is 0 Å². The minimum atomic E-state index is 0. The van der Waals surface area contributed by atoms with E-state index in [4.69, 9.17) is 0 Å². The Morgan fingerprint density at radius 1 is 1.11 bits per heavy atom. The van der Waals surface area contributed by atoms with E-state index in [2.05, 4.69) is 31.2 Å². The molecule has 18 heavy (non-hydrogen) atoms. The quantitative estimate of drug-likeness (QED) is 0.631. The summed E-state index contributed by atoms with van der Waals surface area (Å²) in [6, 6.07) is 4.98. The third kappa shape index (κ3) is 2.71. The molecule has 0 bridgehead atoms. The van der Waals surface area contributed by atoms with Crippen LogP contribution in [0.15, 0.2) is 18.2 Å². The fraction of sp³-hybridized carbons (Fsp3) is 0.529. The zero-order valence-electron chi connectivity index (χ0n) is 11.3. The van der Waals surface area contributed by atoms with Crippen molar-refractivity contribution in [3.8, 4) is 0 Å². The van der Waals surface area contributed by atoms with Crippen molar-refractivity contribution in [3.05, 3.63) is 40.5 Å². The van der Waals surface area contributed by atoms with Gasteiger partial charge >= 0.3 is 0 Å². The fourth-order valence-corrected chi connectivity index (χ4v) is 3.29. The van der Waals surface area contributed by atoms with E-state index in [1.165, 1.54) is 50.5 Å². The van der Waals surface area contributed by atoms with Crippen molar-refractivity contribution in [2.45, 2.75) is 57.8 Å². The summed E-state index contributed by atoms with van der Waals surface area (Å²) in [5.74, 6) is 0.706. The maximum Gasteiger partial charge on any atom is 0.00273 e. The number of hydrogen-bond donors (Lipinski definition) is 0. The first-order chi connectivity index (χ1) is 8.38. The summed E-state index contributed by atoms with van der Waals surface area (Å²) in [6.45, 7) is 2.28. The van der Waals surface area contributed by atoms with Crippen molar-refractivity contribution < 1.29 is 25.8 Å². The van der Waals surface area contributed by atoms with E-state index in [-0.39, 0.29) is 25.8 Å². The van der Waals surface area contributed by atoms with E-state index >= 15 is 0 Å². The van der Waals surface area contributed by atoms with Crippen molar-refractivity contribution >= 4 is 6.08 Å². The van der Waals surface area contributed by atoms with Gasteiger partial charge in [-0.15, -0.1) is 0 Å². The van der Waals surface area contributed by atoms with Gasteiger partial charge in [-0.3, -0.25) is 0 Å². The van der Waals surface area contributed by atoms with E-state index in [0.717, 1.165) is 0 Å². The number of rotatable bonds is 3. The van der Waals surface area contributed by atoms with Crippen LogP contribution in [0.3, 0.4) is 0 Å². The predicted molar refractivity (Wildman–Crippen MR) is 74.4 cm³/mol. The molecule has 0 saturated carbocycles. The molecule has 0 nitrogen and oxygen atoms in total. The minimum absolute atomic E-state index is 0. The molecule has 0 amide bonds. The number of unbranched alkanes of at least 4 members (excludes halogenated alkanes) is 1. The Hall–Kier alpha value is -0.170. The van der Waals surface area contributed by atoms with E-state index < -0.39 is 0 Å². The van der Waals surface area contributed by atoms with Crippen LogP contribution in [-0.2, 0) is 38.7 Å². The van der Waals surface area contributed by atoms with Crippen LogP contribution in [0.2, 0.25) is 0 Å². The SMILES string of the molecule is CCCCC1C=Cc2cc3c(cc21)CCCC3.[Hf]. The van der Waals surface area contributed by atoms with E-state index in [9.17, 15) is 0 Å². The van der Waals surface area contributed by atoms with E-state index in [0.29, 0.717) is 5.92 Å². The van der Waals surface area contributed by atoms with Crippen molar-refractivity contribution in [1.29, 1.82) is 0 Å². The normalized spacial score (nSPS) is 20.2. The third-order valence-electron chi connectivity index (χ3n) is 4.32. The first kappa shape index (κ1) is 14.2. The summed E-state index contributed by atoms with van der Waals surface area (Å²) < 4.78 is 0. The summed E-state index contributed by atoms with van der Waals surface area (Å²) in [5.41, 5.74) is 6.38. The van der Waals surface area contributed by atoms with E-state index in [1.54, 1.807) is 16.7 Å². The maximum absolute atomic E-state index is 2.52. The zero-order chi connectivity index (χ0) is 11.7. The van der Waals surface area contributed by atoms with Gasteiger partial charge in [0.05, 0.1) is 0 Å². The summed E-state index contributed by atoms with van der Waals surface area (Å²) in [6.07, 6.45) is 14.2. The number of hydrogen-bond acceptors (Lipinski definition) is 0. The van der Waals surface area contributed by atoms with Gasteiger partial charge in [-0.2, -0.15) is 0 Å². The zero-order valence-corrected chi connectivity index (χ0v) is 14.9. The molecule has 1 heteroatoms. The van der Waals surface area contributed by atoms with Crippen LogP contribution in [0.4, 0.5) is 0 Å². The second-order valence-corrected chi connectivity index (χ2v) is 5.56. The molecule has 1 atom stereocenters. The van der Waals surface area contributed by atoms with Crippen molar-refractivity contribution in [1.82, 2.24) is 0 Å². The second kappa shape index (κ2) is 6.32. The molecule has 0 N–H and O–H groups in total. The van der Waals surface area contributed by atoms with Gasteiger partial charge in [0.25, 0.3) is 0 Å². The molecule has 0 saturated heterocycles. The van der Waals surface area contributed by atoms with E-state index in [1.807, 2.05) is 0 Å². The smallest absolute Gasteiger partial charge is 0.00273 e. The molecule has 0 heterocycles. The number of fused-ring (bicyclic) bond motifs is 2. The van der Waals surface area contributed by atoms with Crippen molar-refractivity contribution in [2.24, 2.45) is 0 Å². The Balaban J connectivity index is 0.00000120. The molecule has 1 aromatic rings. The molecule has 2 aliphatic rings. The van der Waals surface area contributed by atoms with Crippen LogP contribution < -0.4 is 0 Å². The van der Waals surface area contributed by atoms with Crippen LogP contribution in [0.1, 0.15) is 67.2 Å². The molecule has 94 valence electrons. The monoisotopic (exact) mass is 406 g/mol. The van der Waals surface area contributed by atoms with Crippen molar-refractivity contribution in [3.63, 3.8) is 0 Å². The van der Waals surface area contributed by atoms with Gasteiger partial charge in [-0.25, -0.2) is 0 Å². The molecular formula is C17H22Hf. The molecule has 0 aromatic heterocycles. The first-order valence-corrected chi connectivity index (χ1v) is 7.22. The summed E-state index contributed by atoms with van der Waals surface area (Å²) in [4.78, 5) is 0. The average molecular weight is 405 g/mol. The van der Waals surface area contributed by atoms with Gasteiger partial charge in [-0.05, 0) is 54.4 Å². The molecule has 1 aromatic carbocycles. The Morgan fingerprint density at radius 3 is 2.56 bits per heavy atom. The van der Waals surface area contributed by atoms with Crippen molar-refractivity contribution in [2.75, 3.05) is 0 Å². The second-order valence-electron chi connectivity index (χ2n) is 5.56. The molecular weight excluding hydrogens is 383 g/mol. The summed E-state index contributed by atoms with van der Waals surface area (Å²) in [7, 11) is 0. The fourth-order valence-electron chi connectivity index (χ4n) is 3.29. The van der Waals surface area contributed by atoms with Crippen LogP contribution in [0.25, 0.3) is 6.08 Å². The molecule has 0 radical (unpaired) electrons. The van der Waals surface area contributed by atoms with Gasteiger partial charge in [0, 0.05) is 31.8 Å². The summed E-state index contributed by atoms with van der Waals surface area (Å²) >= 11 is 0. The van der Waals surface area contributed by atoms with Gasteiger partial charge in [-0.1, -0.05) is 44.1 Å². The maximum atomic E-state index is 2.52. The van der Waals surface area contributed by atoms with Crippen LogP contribution in [-0.4, -0.2) is 0 Å². The molecule has 0 fully saturated rings. The predicted octanol–water partition coefficient (Wildman–Crippen LogP) is 4.86. The Kier molecular flexibility index (Phi) is 5.00. The number of allylic oxidation sites excluding steroid dienone is 1. The molecule has 1 unspecified atom stereocenters. The molecule has 3 rings (SSSR count). The van der Waals surface area contributed by atoms with Crippen LogP contribution in [0, 0.1) is 0 Å². The molecule has 0 aliphatic heterocycles. The number of aryl methyl sites for hydroxylation is 2. The standard InChI is InChI=1S/C17H22.Hf/c1-2-3-6-13-9-10-16-11-14-7-4-5-8-15(14)12-17(13)16;/h9-13H,2-8H2,1H3;.